The Balaban J connectivity index is 2.23. The molecule has 1 aliphatic rings. The quantitative estimate of drug-likeness (QED) is 0.822. The monoisotopic (exact) mass is 304 g/mol. The molecule has 1 aliphatic carbocycles. The molecule has 0 saturated carbocycles. The second kappa shape index (κ2) is 7.25. The van der Waals surface area contributed by atoms with E-state index in [4.69, 9.17) is 10.5 Å². The lowest BCUT2D eigenvalue weighted by atomic mass is 9.82. The standard InChI is InChI=1S/C18H28N2O2/c1-5-14(6-2)22-17-11-13(10-15(19)12(17)3)18(21)16-8-7-9-20(16)4/h7-9,11-12,14-15,17H,5-6,10,19H2,1-4H3/t12-,15+,17-/m1/s1. The van der Waals surface area contributed by atoms with Crippen molar-refractivity contribution in [1.82, 2.24) is 4.57 Å². The summed E-state index contributed by atoms with van der Waals surface area (Å²) >= 11 is 0. The molecule has 3 atom stereocenters. The molecule has 0 fully saturated rings. The maximum atomic E-state index is 12.7. The first-order valence-electron chi connectivity index (χ1n) is 8.25. The summed E-state index contributed by atoms with van der Waals surface area (Å²) < 4.78 is 8.04. The zero-order valence-electron chi connectivity index (χ0n) is 14.1. The maximum Gasteiger partial charge on any atom is 0.205 e. The third-order valence-electron chi connectivity index (χ3n) is 4.74. The largest absolute Gasteiger partial charge is 0.371 e. The summed E-state index contributed by atoms with van der Waals surface area (Å²) in [5, 5.41) is 0. The Hall–Kier alpha value is -1.39. The first-order valence-corrected chi connectivity index (χ1v) is 8.25. The molecule has 2 N–H and O–H groups in total. The summed E-state index contributed by atoms with van der Waals surface area (Å²) in [6.45, 7) is 6.36. The van der Waals surface area contributed by atoms with E-state index >= 15 is 0 Å². The number of nitrogens with two attached hydrogens (primary N) is 1. The average Bonchev–Trinajstić information content (AvgIpc) is 2.93. The lowest BCUT2D eigenvalue weighted by Gasteiger charge is -2.34. The molecule has 0 spiro atoms. The van der Waals surface area contributed by atoms with Gasteiger partial charge in [0.2, 0.25) is 5.78 Å². The molecule has 1 aromatic heterocycles. The molecule has 1 heterocycles. The average molecular weight is 304 g/mol. The molecule has 0 radical (unpaired) electrons. The molecule has 2 rings (SSSR count). The number of nitrogens with zero attached hydrogens (tertiary/aromatic N) is 1. The van der Waals surface area contributed by atoms with Crippen LogP contribution in [0.25, 0.3) is 0 Å². The van der Waals surface area contributed by atoms with Crippen molar-refractivity contribution in [3.63, 3.8) is 0 Å². The topological polar surface area (TPSA) is 57.2 Å². The van der Waals surface area contributed by atoms with E-state index in [0.29, 0.717) is 12.1 Å². The van der Waals surface area contributed by atoms with Crippen LogP contribution in [0.3, 0.4) is 0 Å². The van der Waals surface area contributed by atoms with Gasteiger partial charge in [0.1, 0.15) is 0 Å². The highest BCUT2D eigenvalue weighted by molar-refractivity contribution is 6.07. The predicted octanol–water partition coefficient (Wildman–Crippen LogP) is 3.08. The smallest absolute Gasteiger partial charge is 0.205 e. The van der Waals surface area contributed by atoms with E-state index in [2.05, 4.69) is 20.8 Å². The van der Waals surface area contributed by atoms with Crippen molar-refractivity contribution in [2.24, 2.45) is 18.7 Å². The van der Waals surface area contributed by atoms with Crippen LogP contribution >= 0.6 is 0 Å². The number of Topliss-reactive ketones (excluding diaryl/α,β-unsaturated/α-hetero) is 1. The Kier molecular flexibility index (Phi) is 5.59. The first-order chi connectivity index (χ1) is 10.5. The van der Waals surface area contributed by atoms with Gasteiger partial charge in [-0.3, -0.25) is 4.79 Å². The molecule has 0 bridgehead atoms. The lowest BCUT2D eigenvalue weighted by molar-refractivity contribution is -0.0247. The van der Waals surface area contributed by atoms with Gasteiger partial charge in [-0.25, -0.2) is 0 Å². The van der Waals surface area contributed by atoms with E-state index in [1.54, 1.807) is 0 Å². The second-order valence-electron chi connectivity index (χ2n) is 6.29. The van der Waals surface area contributed by atoms with Crippen molar-refractivity contribution >= 4 is 5.78 Å². The van der Waals surface area contributed by atoms with Crippen LogP contribution in [0.5, 0.6) is 0 Å². The number of hydrogen-bond acceptors (Lipinski definition) is 3. The number of hydrogen-bond donors (Lipinski definition) is 1. The van der Waals surface area contributed by atoms with Gasteiger partial charge in [-0.05, 0) is 37.5 Å². The van der Waals surface area contributed by atoms with Crippen LogP contribution in [-0.4, -0.2) is 28.6 Å². The minimum atomic E-state index is -0.0760. The summed E-state index contributed by atoms with van der Waals surface area (Å²) in [5.41, 5.74) is 7.75. The van der Waals surface area contributed by atoms with Gasteiger partial charge in [0.15, 0.2) is 0 Å². The van der Waals surface area contributed by atoms with Crippen molar-refractivity contribution in [3.05, 3.63) is 35.7 Å². The second-order valence-corrected chi connectivity index (χ2v) is 6.29. The van der Waals surface area contributed by atoms with Crippen LogP contribution in [0.1, 0.15) is 50.5 Å². The van der Waals surface area contributed by atoms with Gasteiger partial charge in [-0.15, -0.1) is 0 Å². The van der Waals surface area contributed by atoms with E-state index in [-0.39, 0.29) is 30.0 Å². The van der Waals surface area contributed by atoms with Crippen LogP contribution in [0.15, 0.2) is 30.0 Å². The van der Waals surface area contributed by atoms with Crippen molar-refractivity contribution in [1.29, 1.82) is 0 Å². The number of carbonyl (C=O) groups excluding carboxylic acids is 1. The van der Waals surface area contributed by atoms with Crippen LogP contribution in [0, 0.1) is 5.92 Å². The Morgan fingerprint density at radius 1 is 1.45 bits per heavy atom. The van der Waals surface area contributed by atoms with Gasteiger partial charge in [0, 0.05) is 30.8 Å². The number of aromatic nitrogens is 1. The Bertz CT molecular complexity index is 543. The molecular weight excluding hydrogens is 276 g/mol. The van der Waals surface area contributed by atoms with Crippen molar-refractivity contribution in [3.8, 4) is 0 Å². The minimum absolute atomic E-state index is 0.0384. The van der Waals surface area contributed by atoms with E-state index in [0.717, 1.165) is 18.4 Å². The van der Waals surface area contributed by atoms with Crippen LogP contribution in [0.2, 0.25) is 0 Å². The molecule has 4 heteroatoms. The minimum Gasteiger partial charge on any atom is -0.371 e. The van der Waals surface area contributed by atoms with Crippen molar-refractivity contribution in [2.45, 2.75) is 58.3 Å². The Morgan fingerprint density at radius 2 is 2.14 bits per heavy atom. The van der Waals surface area contributed by atoms with Gasteiger partial charge >= 0.3 is 0 Å². The highest BCUT2D eigenvalue weighted by Crippen LogP contribution is 2.29. The molecule has 0 unspecified atom stereocenters. The summed E-state index contributed by atoms with van der Waals surface area (Å²) in [6.07, 6.45) is 6.61. The number of rotatable bonds is 6. The number of ketones is 1. The Labute approximate surface area is 133 Å². The fraction of sp³-hybridized carbons (Fsp3) is 0.611. The van der Waals surface area contributed by atoms with Gasteiger partial charge in [0.25, 0.3) is 0 Å². The molecule has 1 aromatic rings. The normalized spacial score (nSPS) is 25.4. The first kappa shape index (κ1) is 17.0. The van der Waals surface area contributed by atoms with Crippen molar-refractivity contribution < 1.29 is 9.53 Å². The van der Waals surface area contributed by atoms with E-state index in [1.165, 1.54) is 0 Å². The SMILES string of the molecule is CCC(CC)O[C@@H]1C=C(C(=O)c2cccn2C)C[C@H](N)[C@H]1C. The fourth-order valence-electron chi connectivity index (χ4n) is 3.00. The van der Waals surface area contributed by atoms with Gasteiger partial charge in [0.05, 0.1) is 17.9 Å². The van der Waals surface area contributed by atoms with Gasteiger partial charge < -0.3 is 15.0 Å². The number of aryl methyl sites for hydroxylation is 1. The molecule has 0 aromatic carbocycles. The zero-order valence-corrected chi connectivity index (χ0v) is 14.1. The number of ether oxygens (including phenoxy) is 1. The third-order valence-corrected chi connectivity index (χ3v) is 4.74. The molecule has 0 saturated heterocycles. The van der Waals surface area contributed by atoms with Crippen LogP contribution < -0.4 is 5.73 Å². The highest BCUT2D eigenvalue weighted by atomic mass is 16.5. The lowest BCUT2D eigenvalue weighted by Crippen LogP contribution is -2.42. The summed E-state index contributed by atoms with van der Waals surface area (Å²) in [6, 6.07) is 3.70. The van der Waals surface area contributed by atoms with Gasteiger partial charge in [-0.2, -0.15) is 0 Å². The molecule has 0 amide bonds. The summed E-state index contributed by atoms with van der Waals surface area (Å²) in [7, 11) is 1.89. The van der Waals surface area contributed by atoms with E-state index < -0.39 is 0 Å². The van der Waals surface area contributed by atoms with Crippen LogP contribution in [-0.2, 0) is 11.8 Å². The molecule has 122 valence electrons. The van der Waals surface area contributed by atoms with Gasteiger partial charge in [-0.1, -0.05) is 20.8 Å². The molecule has 4 nitrogen and oxygen atoms in total. The van der Waals surface area contributed by atoms with E-state index in [9.17, 15) is 4.79 Å². The molecule has 0 aliphatic heterocycles. The van der Waals surface area contributed by atoms with Crippen molar-refractivity contribution in [2.75, 3.05) is 0 Å². The zero-order chi connectivity index (χ0) is 16.3. The summed E-state index contributed by atoms with van der Waals surface area (Å²) in [5.74, 6) is 0.290. The fourth-order valence-corrected chi connectivity index (χ4v) is 3.00. The highest BCUT2D eigenvalue weighted by Gasteiger charge is 2.32. The van der Waals surface area contributed by atoms with Crippen LogP contribution in [0.4, 0.5) is 0 Å². The maximum absolute atomic E-state index is 12.7. The predicted molar refractivity (Wildman–Crippen MR) is 88.8 cm³/mol. The Morgan fingerprint density at radius 3 is 2.68 bits per heavy atom. The third kappa shape index (κ3) is 3.50. The number of carbonyl (C=O) groups is 1. The summed E-state index contributed by atoms with van der Waals surface area (Å²) in [4.78, 5) is 12.7. The molecular formula is C18H28N2O2. The molecule has 22 heavy (non-hydrogen) atoms. The van der Waals surface area contributed by atoms with E-state index in [1.807, 2.05) is 36.0 Å².